The van der Waals surface area contributed by atoms with Crippen LogP contribution < -0.4 is 0 Å². The Hall–Kier alpha value is 0.177. The van der Waals surface area contributed by atoms with Crippen molar-refractivity contribution in [1.29, 1.82) is 0 Å². The van der Waals surface area contributed by atoms with Gasteiger partial charge in [0.1, 0.15) is 0 Å². The molecule has 0 aromatic rings. The third-order valence-electron chi connectivity index (χ3n) is 8.65. The average Bonchev–Trinajstić information content (AvgIpc) is 2.72. The normalized spacial score (nSPS) is 13.7. The highest BCUT2D eigenvalue weighted by Crippen LogP contribution is 2.65. The number of rotatable bonds is 21. The Morgan fingerprint density at radius 1 is 0.406 bits per heavy atom. The van der Waals surface area contributed by atoms with Crippen molar-refractivity contribution in [2.24, 2.45) is 0 Å². The van der Waals surface area contributed by atoms with Gasteiger partial charge in [-0.3, -0.25) is 0 Å². The van der Waals surface area contributed by atoms with Gasteiger partial charge in [0.2, 0.25) is 8.32 Å². The monoisotopic (exact) mass is 468 g/mol. The molecule has 0 saturated carbocycles. The molecule has 0 aliphatic carbocycles. The van der Waals surface area contributed by atoms with Crippen molar-refractivity contribution in [3.05, 3.63) is 0 Å². The molecule has 0 bridgehead atoms. The van der Waals surface area contributed by atoms with E-state index in [-0.39, 0.29) is 15.1 Å². The number of hydrogen-bond donors (Lipinski definition) is 1. The Labute approximate surface area is 206 Å². The largest absolute Gasteiger partial charge is 0.430 e. The lowest BCUT2D eigenvalue weighted by molar-refractivity contribution is 0.301. The SMILES string of the molecule is CCCCCCCC(C)(C)[Si](O)(C(C)(C)CCCCCCC)C(C)(C)CCCCCCC. The van der Waals surface area contributed by atoms with Crippen molar-refractivity contribution < 1.29 is 4.80 Å². The number of unbranched alkanes of at least 4 members (excludes halogenated alkanes) is 12. The van der Waals surface area contributed by atoms with Gasteiger partial charge in [0, 0.05) is 0 Å². The lowest BCUT2D eigenvalue weighted by Crippen LogP contribution is -2.61. The molecule has 0 fully saturated rings. The smallest absolute Gasteiger partial charge is 0.205 e. The first kappa shape index (κ1) is 32.2. The lowest BCUT2D eigenvalue weighted by atomic mass is 10.0. The fourth-order valence-electron chi connectivity index (χ4n) is 6.80. The molecule has 0 aromatic carbocycles. The summed E-state index contributed by atoms with van der Waals surface area (Å²) in [6.07, 6.45) is 23.4. The van der Waals surface area contributed by atoms with E-state index in [1.165, 1.54) is 116 Å². The fraction of sp³-hybridized carbons (Fsp3) is 1.00. The van der Waals surface area contributed by atoms with Crippen LogP contribution in [0.3, 0.4) is 0 Å². The van der Waals surface area contributed by atoms with Crippen molar-refractivity contribution in [2.75, 3.05) is 0 Å². The molecule has 0 atom stereocenters. The molecule has 0 radical (unpaired) electrons. The van der Waals surface area contributed by atoms with E-state index in [0.717, 1.165) is 0 Å². The maximum Gasteiger partial charge on any atom is 0.205 e. The van der Waals surface area contributed by atoms with Crippen LogP contribution >= 0.6 is 0 Å². The average molecular weight is 469 g/mol. The quantitative estimate of drug-likeness (QED) is 0.131. The molecule has 0 spiro atoms. The van der Waals surface area contributed by atoms with Crippen LogP contribution in [-0.4, -0.2) is 13.1 Å². The summed E-state index contributed by atoms with van der Waals surface area (Å²) in [4.78, 5) is 12.9. The first-order valence-electron chi connectivity index (χ1n) is 14.7. The molecule has 0 saturated heterocycles. The second-order valence-electron chi connectivity index (χ2n) is 12.9. The molecule has 0 rings (SSSR count). The molecule has 0 aliphatic heterocycles. The second-order valence-corrected chi connectivity index (χ2v) is 18.3. The summed E-state index contributed by atoms with van der Waals surface area (Å²) in [7, 11) is -2.64. The highest BCUT2D eigenvalue weighted by Gasteiger charge is 2.63. The van der Waals surface area contributed by atoms with Crippen LogP contribution in [0, 0.1) is 0 Å². The van der Waals surface area contributed by atoms with Crippen LogP contribution in [0.1, 0.15) is 178 Å². The minimum Gasteiger partial charge on any atom is -0.430 e. The number of hydrogen-bond acceptors (Lipinski definition) is 1. The van der Waals surface area contributed by atoms with Gasteiger partial charge >= 0.3 is 0 Å². The van der Waals surface area contributed by atoms with E-state index >= 15 is 0 Å². The molecule has 1 nitrogen and oxygen atoms in total. The summed E-state index contributed by atoms with van der Waals surface area (Å²) in [6.45, 7) is 21.5. The first-order valence-corrected chi connectivity index (χ1v) is 16.6. The molecule has 32 heavy (non-hydrogen) atoms. The van der Waals surface area contributed by atoms with Crippen molar-refractivity contribution >= 4 is 8.32 Å². The van der Waals surface area contributed by atoms with Crippen LogP contribution in [0.5, 0.6) is 0 Å². The predicted octanol–water partition coefficient (Wildman–Crippen LogP) is 11.3. The van der Waals surface area contributed by atoms with E-state index in [1.54, 1.807) is 0 Å². The molecule has 1 N–H and O–H groups in total. The van der Waals surface area contributed by atoms with Crippen molar-refractivity contribution in [3.63, 3.8) is 0 Å². The summed E-state index contributed by atoms with van der Waals surface area (Å²) in [6, 6.07) is 0. The highest BCUT2D eigenvalue weighted by molar-refractivity contribution is 6.81. The van der Waals surface area contributed by atoms with Gasteiger partial charge in [-0.05, 0) is 34.4 Å². The Bertz CT molecular complexity index is 387. The van der Waals surface area contributed by atoms with Crippen LogP contribution in [-0.2, 0) is 0 Å². The van der Waals surface area contributed by atoms with E-state index in [4.69, 9.17) is 0 Å². The maximum atomic E-state index is 12.9. The Morgan fingerprint density at radius 2 is 0.625 bits per heavy atom. The zero-order chi connectivity index (χ0) is 24.7. The highest BCUT2D eigenvalue weighted by atomic mass is 28.4. The summed E-state index contributed by atoms with van der Waals surface area (Å²) in [5, 5.41) is 0.164. The van der Waals surface area contributed by atoms with Gasteiger partial charge < -0.3 is 4.80 Å². The zero-order valence-electron chi connectivity index (χ0n) is 24.2. The summed E-state index contributed by atoms with van der Waals surface area (Å²) in [5.41, 5.74) is 0. The summed E-state index contributed by atoms with van der Waals surface area (Å²) in [5.74, 6) is 0. The predicted molar refractivity (Wildman–Crippen MR) is 150 cm³/mol. The maximum absolute atomic E-state index is 12.9. The Morgan fingerprint density at radius 3 is 0.844 bits per heavy atom. The van der Waals surface area contributed by atoms with Gasteiger partial charge in [-0.15, -0.1) is 0 Å². The molecular weight excluding hydrogens is 404 g/mol. The van der Waals surface area contributed by atoms with Crippen LogP contribution in [0.2, 0.25) is 15.1 Å². The van der Waals surface area contributed by atoms with Gasteiger partial charge in [-0.25, -0.2) is 0 Å². The van der Waals surface area contributed by atoms with Gasteiger partial charge in [-0.2, -0.15) is 0 Å². The molecular formula is C30H64OSi. The van der Waals surface area contributed by atoms with Gasteiger partial charge in [0.25, 0.3) is 0 Å². The standard InChI is InChI=1S/C30H64OSi/c1-10-13-16-19-22-25-28(4,5)32(31,29(6,7)26-23-20-17-14-11-2)30(8,9)27-24-21-18-15-12-3/h31H,10-27H2,1-9H3. The van der Waals surface area contributed by atoms with E-state index < -0.39 is 8.32 Å². The summed E-state index contributed by atoms with van der Waals surface area (Å²) < 4.78 is 0. The lowest BCUT2D eigenvalue weighted by Gasteiger charge is -2.58. The Balaban J connectivity index is 5.52. The zero-order valence-corrected chi connectivity index (χ0v) is 25.2. The van der Waals surface area contributed by atoms with Gasteiger partial charge in [-0.1, -0.05) is 159 Å². The fourth-order valence-corrected chi connectivity index (χ4v) is 13.9. The second kappa shape index (κ2) is 16.0. The Kier molecular flexibility index (Phi) is 16.0. The molecule has 0 aromatic heterocycles. The molecule has 2 heteroatoms. The molecule has 194 valence electrons. The van der Waals surface area contributed by atoms with Gasteiger partial charge in [0.15, 0.2) is 0 Å². The van der Waals surface area contributed by atoms with Crippen molar-refractivity contribution in [3.8, 4) is 0 Å². The van der Waals surface area contributed by atoms with Crippen molar-refractivity contribution in [2.45, 2.75) is 193 Å². The topological polar surface area (TPSA) is 20.2 Å². The molecule has 0 heterocycles. The minimum absolute atomic E-state index is 0.0546. The van der Waals surface area contributed by atoms with Crippen LogP contribution in [0.25, 0.3) is 0 Å². The molecule has 0 amide bonds. The van der Waals surface area contributed by atoms with Crippen LogP contribution in [0.15, 0.2) is 0 Å². The third kappa shape index (κ3) is 9.81. The minimum atomic E-state index is -2.64. The van der Waals surface area contributed by atoms with Gasteiger partial charge in [0.05, 0.1) is 0 Å². The van der Waals surface area contributed by atoms with E-state index in [9.17, 15) is 4.80 Å². The van der Waals surface area contributed by atoms with E-state index in [1.807, 2.05) is 0 Å². The molecule has 0 unspecified atom stereocenters. The molecule has 0 aliphatic rings. The van der Waals surface area contributed by atoms with Crippen molar-refractivity contribution in [1.82, 2.24) is 0 Å². The van der Waals surface area contributed by atoms with Crippen LogP contribution in [0.4, 0.5) is 0 Å². The van der Waals surface area contributed by atoms with E-state index in [0.29, 0.717) is 0 Å². The third-order valence-corrected chi connectivity index (χ3v) is 15.3. The first-order chi connectivity index (χ1) is 14.9. The summed E-state index contributed by atoms with van der Waals surface area (Å²) >= 11 is 0. The van der Waals surface area contributed by atoms with E-state index in [2.05, 4.69) is 62.3 Å².